The second kappa shape index (κ2) is 6.05. The van der Waals surface area contributed by atoms with Crippen molar-refractivity contribution in [3.63, 3.8) is 0 Å². The number of amides is 1. The molecule has 0 aliphatic heterocycles. The van der Waals surface area contributed by atoms with Gasteiger partial charge in [-0.05, 0) is 35.9 Å². The van der Waals surface area contributed by atoms with E-state index in [0.29, 0.717) is 11.3 Å². The van der Waals surface area contributed by atoms with Crippen LogP contribution in [0.25, 0.3) is 11.0 Å². The molecule has 0 saturated carbocycles. The molecule has 1 N–H and O–H groups in total. The van der Waals surface area contributed by atoms with Crippen LogP contribution in [0, 0.1) is 11.3 Å². The number of aromatic nitrogens is 2. The summed E-state index contributed by atoms with van der Waals surface area (Å²) in [6, 6.07) is 14.3. The predicted molar refractivity (Wildman–Crippen MR) is 91.7 cm³/mol. The molecule has 6 nitrogen and oxygen atoms in total. The summed E-state index contributed by atoms with van der Waals surface area (Å²) in [6.45, 7) is 0. The molecule has 2 aromatic carbocycles. The van der Waals surface area contributed by atoms with Gasteiger partial charge in [0.05, 0.1) is 29.1 Å². The number of benzene rings is 2. The Morgan fingerprint density at radius 3 is 2.62 bits per heavy atom. The van der Waals surface area contributed by atoms with Crippen molar-refractivity contribution in [2.45, 2.75) is 6.42 Å². The first kappa shape index (κ1) is 15.6. The van der Waals surface area contributed by atoms with E-state index in [1.807, 2.05) is 24.3 Å². The van der Waals surface area contributed by atoms with Crippen LogP contribution in [0.4, 0.5) is 5.69 Å². The first-order valence-corrected chi connectivity index (χ1v) is 7.44. The van der Waals surface area contributed by atoms with Crippen LogP contribution in [-0.4, -0.2) is 15.0 Å². The Balaban J connectivity index is 1.82. The molecular formula is C18H16N4O2. The Bertz CT molecular complexity index is 1040. The highest BCUT2D eigenvalue weighted by Crippen LogP contribution is 2.15. The van der Waals surface area contributed by atoms with Gasteiger partial charge in [0.15, 0.2) is 0 Å². The van der Waals surface area contributed by atoms with E-state index in [1.165, 1.54) is 0 Å². The highest BCUT2D eigenvalue weighted by atomic mass is 16.2. The number of nitrogens with one attached hydrogen (secondary N) is 1. The van der Waals surface area contributed by atoms with Crippen molar-refractivity contribution in [2.24, 2.45) is 14.1 Å². The third-order valence-electron chi connectivity index (χ3n) is 3.98. The topological polar surface area (TPSA) is 79.8 Å². The SMILES string of the molecule is Cn1c(=O)n(C)c2cc(CC(=O)Nc3cccc(C#N)c3)ccc21. The Kier molecular flexibility index (Phi) is 3.92. The molecule has 0 bridgehead atoms. The molecule has 0 radical (unpaired) electrons. The average molecular weight is 320 g/mol. The van der Waals surface area contributed by atoms with Gasteiger partial charge in [0.2, 0.25) is 5.91 Å². The maximum absolute atomic E-state index is 12.2. The molecule has 0 spiro atoms. The number of imidazole rings is 1. The van der Waals surface area contributed by atoms with Crippen molar-refractivity contribution in [1.29, 1.82) is 5.26 Å². The lowest BCUT2D eigenvalue weighted by atomic mass is 10.1. The minimum Gasteiger partial charge on any atom is -0.326 e. The molecule has 1 amide bonds. The lowest BCUT2D eigenvalue weighted by Gasteiger charge is -2.06. The van der Waals surface area contributed by atoms with Gasteiger partial charge in [0, 0.05) is 19.8 Å². The zero-order valence-electron chi connectivity index (χ0n) is 13.4. The van der Waals surface area contributed by atoms with E-state index in [0.717, 1.165) is 16.6 Å². The average Bonchev–Trinajstić information content (AvgIpc) is 2.79. The van der Waals surface area contributed by atoms with Crippen LogP contribution in [0.15, 0.2) is 47.3 Å². The van der Waals surface area contributed by atoms with Crippen molar-refractivity contribution in [1.82, 2.24) is 9.13 Å². The first-order chi connectivity index (χ1) is 11.5. The summed E-state index contributed by atoms with van der Waals surface area (Å²) in [7, 11) is 3.43. The molecule has 0 aliphatic carbocycles. The molecule has 1 heterocycles. The van der Waals surface area contributed by atoms with Crippen LogP contribution in [-0.2, 0) is 25.3 Å². The molecule has 3 aromatic rings. The van der Waals surface area contributed by atoms with Gasteiger partial charge in [-0.3, -0.25) is 13.9 Å². The summed E-state index contributed by atoms with van der Waals surface area (Å²) in [5.41, 5.74) is 3.42. The number of anilines is 1. The summed E-state index contributed by atoms with van der Waals surface area (Å²) in [5, 5.41) is 11.7. The third kappa shape index (κ3) is 2.79. The highest BCUT2D eigenvalue weighted by Gasteiger charge is 2.10. The molecule has 0 atom stereocenters. The molecule has 0 unspecified atom stereocenters. The molecule has 0 saturated heterocycles. The number of rotatable bonds is 3. The summed E-state index contributed by atoms with van der Waals surface area (Å²) in [6.07, 6.45) is 0.190. The number of nitrogens with zero attached hydrogens (tertiary/aromatic N) is 3. The number of nitriles is 1. The number of aryl methyl sites for hydroxylation is 2. The van der Waals surface area contributed by atoms with Crippen LogP contribution in [0.1, 0.15) is 11.1 Å². The Labute approximate surface area is 138 Å². The maximum Gasteiger partial charge on any atom is 0.328 e. The smallest absolute Gasteiger partial charge is 0.326 e. The van der Waals surface area contributed by atoms with Gasteiger partial charge in [-0.1, -0.05) is 12.1 Å². The van der Waals surface area contributed by atoms with Crippen LogP contribution in [0.5, 0.6) is 0 Å². The van der Waals surface area contributed by atoms with Gasteiger partial charge in [-0.15, -0.1) is 0 Å². The van der Waals surface area contributed by atoms with Crippen LogP contribution < -0.4 is 11.0 Å². The zero-order valence-corrected chi connectivity index (χ0v) is 13.4. The van der Waals surface area contributed by atoms with Gasteiger partial charge < -0.3 is 5.32 Å². The summed E-state index contributed by atoms with van der Waals surface area (Å²) < 4.78 is 3.14. The lowest BCUT2D eigenvalue weighted by Crippen LogP contribution is -2.19. The molecule has 120 valence electrons. The van der Waals surface area contributed by atoms with E-state index in [-0.39, 0.29) is 18.0 Å². The quantitative estimate of drug-likeness (QED) is 0.801. The zero-order chi connectivity index (χ0) is 17.3. The normalized spacial score (nSPS) is 10.5. The molecule has 0 fully saturated rings. The third-order valence-corrected chi connectivity index (χ3v) is 3.98. The van der Waals surface area contributed by atoms with Gasteiger partial charge in [0.25, 0.3) is 0 Å². The summed E-state index contributed by atoms with van der Waals surface area (Å²) >= 11 is 0. The van der Waals surface area contributed by atoms with E-state index in [2.05, 4.69) is 5.32 Å². The van der Waals surface area contributed by atoms with Crippen LogP contribution in [0.2, 0.25) is 0 Å². The second-order valence-corrected chi connectivity index (χ2v) is 5.64. The summed E-state index contributed by atoms with van der Waals surface area (Å²) in [4.78, 5) is 24.2. The van der Waals surface area contributed by atoms with Gasteiger partial charge in [-0.25, -0.2) is 4.79 Å². The summed E-state index contributed by atoms with van der Waals surface area (Å²) in [5.74, 6) is -0.176. The maximum atomic E-state index is 12.2. The second-order valence-electron chi connectivity index (χ2n) is 5.64. The van der Waals surface area contributed by atoms with Crippen molar-refractivity contribution < 1.29 is 4.79 Å². The fraction of sp³-hybridized carbons (Fsp3) is 0.167. The van der Waals surface area contributed by atoms with Crippen molar-refractivity contribution in [3.05, 3.63) is 64.1 Å². The van der Waals surface area contributed by atoms with Crippen molar-refractivity contribution in [3.8, 4) is 6.07 Å². The Morgan fingerprint density at radius 1 is 1.12 bits per heavy atom. The number of carbonyl (C=O) groups is 1. The predicted octanol–water partition coefficient (Wildman–Crippen LogP) is 1.93. The highest BCUT2D eigenvalue weighted by molar-refractivity contribution is 5.93. The van der Waals surface area contributed by atoms with E-state index >= 15 is 0 Å². The minimum atomic E-state index is -0.176. The molecule has 3 rings (SSSR count). The van der Waals surface area contributed by atoms with Gasteiger partial charge in [-0.2, -0.15) is 5.26 Å². The van der Waals surface area contributed by atoms with Crippen molar-refractivity contribution >= 4 is 22.6 Å². The number of carbonyl (C=O) groups excluding carboxylic acids is 1. The minimum absolute atomic E-state index is 0.0973. The van der Waals surface area contributed by atoms with E-state index < -0.39 is 0 Å². The molecule has 1 aromatic heterocycles. The van der Waals surface area contributed by atoms with Crippen LogP contribution >= 0.6 is 0 Å². The molecular weight excluding hydrogens is 304 g/mol. The molecule has 24 heavy (non-hydrogen) atoms. The lowest BCUT2D eigenvalue weighted by molar-refractivity contribution is -0.115. The number of hydrogen-bond acceptors (Lipinski definition) is 3. The van der Waals surface area contributed by atoms with E-state index in [1.54, 1.807) is 47.5 Å². The number of hydrogen-bond donors (Lipinski definition) is 1. The Morgan fingerprint density at radius 2 is 1.88 bits per heavy atom. The fourth-order valence-corrected chi connectivity index (χ4v) is 2.72. The van der Waals surface area contributed by atoms with E-state index in [4.69, 9.17) is 5.26 Å². The molecule has 6 heteroatoms. The van der Waals surface area contributed by atoms with Gasteiger partial charge in [0.1, 0.15) is 0 Å². The van der Waals surface area contributed by atoms with Crippen LogP contribution in [0.3, 0.4) is 0 Å². The van der Waals surface area contributed by atoms with E-state index in [9.17, 15) is 9.59 Å². The largest absolute Gasteiger partial charge is 0.328 e. The fourth-order valence-electron chi connectivity index (χ4n) is 2.72. The monoisotopic (exact) mass is 320 g/mol. The van der Waals surface area contributed by atoms with Gasteiger partial charge >= 0.3 is 5.69 Å². The Hall–Kier alpha value is -3.33. The standard InChI is InChI=1S/C18H16N4O2/c1-21-15-7-6-12(9-16(15)22(2)18(21)24)10-17(23)20-14-5-3-4-13(8-14)11-19/h3-9H,10H2,1-2H3,(H,20,23). The van der Waals surface area contributed by atoms with Crippen molar-refractivity contribution in [2.75, 3.05) is 5.32 Å². The first-order valence-electron chi connectivity index (χ1n) is 7.44. The molecule has 0 aliphatic rings. The number of fused-ring (bicyclic) bond motifs is 1.